The molecule has 2 aromatic rings. The zero-order valence-electron chi connectivity index (χ0n) is 17.3. The molecule has 2 aromatic heterocycles. The number of aromatic nitrogens is 3. The van der Waals surface area contributed by atoms with Crippen molar-refractivity contribution in [1.82, 2.24) is 15.0 Å². The second-order valence-electron chi connectivity index (χ2n) is 8.31. The highest BCUT2D eigenvalue weighted by Crippen LogP contribution is 2.29. The van der Waals surface area contributed by atoms with Crippen LogP contribution in [0.3, 0.4) is 0 Å². The maximum atomic E-state index is 14.5. The average Bonchev–Trinajstić information content (AvgIpc) is 3.15. The molecule has 1 aliphatic heterocycles. The average molecular weight is 394 g/mol. The number of rotatable bonds is 3. The van der Waals surface area contributed by atoms with Crippen molar-refractivity contribution in [3.8, 4) is 0 Å². The van der Waals surface area contributed by atoms with Crippen LogP contribution in [0.1, 0.15) is 58.4 Å². The Balaban J connectivity index is 1.62. The standard InChI is InChI=1S/C23H28FN5/c1-14-5-8-18(9-6-14)28-23-27-13-20-19(12-26-22(20)29-23)17-7-4-15(2)11-25-16(3)21(24)10-17/h7,10-14,18H,4-6,8-9H2,1-3H3,(H2,26,27,28,29)/b15-11-,17-7+,21-10+,25-16-. The molecule has 0 bridgehead atoms. The lowest BCUT2D eigenvalue weighted by Crippen LogP contribution is -2.26. The summed E-state index contributed by atoms with van der Waals surface area (Å²) in [4.78, 5) is 16.6. The van der Waals surface area contributed by atoms with E-state index in [-0.39, 0.29) is 5.83 Å². The summed E-state index contributed by atoms with van der Waals surface area (Å²) in [5, 5.41) is 4.36. The summed E-state index contributed by atoms with van der Waals surface area (Å²) < 4.78 is 14.5. The van der Waals surface area contributed by atoms with Crippen LogP contribution in [0.4, 0.5) is 10.3 Å². The molecule has 5 nitrogen and oxygen atoms in total. The molecule has 0 radical (unpaired) electrons. The van der Waals surface area contributed by atoms with Crippen molar-refractivity contribution in [1.29, 1.82) is 0 Å². The monoisotopic (exact) mass is 393 g/mol. The third kappa shape index (κ3) is 4.47. The van der Waals surface area contributed by atoms with E-state index in [0.29, 0.717) is 24.1 Å². The summed E-state index contributed by atoms with van der Waals surface area (Å²) in [6, 6.07) is 0.434. The van der Waals surface area contributed by atoms with Crippen LogP contribution < -0.4 is 5.32 Å². The largest absolute Gasteiger partial charge is 0.351 e. The summed E-state index contributed by atoms with van der Waals surface area (Å²) in [6.45, 7) is 5.99. The number of hydrogen-bond donors (Lipinski definition) is 2. The van der Waals surface area contributed by atoms with Crippen molar-refractivity contribution in [2.24, 2.45) is 10.9 Å². The third-order valence-electron chi connectivity index (χ3n) is 5.84. The van der Waals surface area contributed by atoms with E-state index in [9.17, 15) is 4.39 Å². The van der Waals surface area contributed by atoms with Crippen LogP contribution >= 0.6 is 0 Å². The Kier molecular flexibility index (Phi) is 5.60. The zero-order valence-corrected chi connectivity index (χ0v) is 17.3. The number of nitrogens with zero attached hydrogens (tertiary/aromatic N) is 3. The van der Waals surface area contributed by atoms with Crippen molar-refractivity contribution in [2.75, 3.05) is 5.32 Å². The molecule has 2 N–H and O–H groups in total. The lowest BCUT2D eigenvalue weighted by Gasteiger charge is -2.26. The number of anilines is 1. The SMILES string of the molecule is C/C1=C/N=C(C)\C(F)=C/C(c2c[nH]c3nc(NC4CCC(C)CC4)ncc23)=C\C1. The molecule has 2 aliphatic rings. The van der Waals surface area contributed by atoms with E-state index < -0.39 is 0 Å². The van der Waals surface area contributed by atoms with E-state index in [1.807, 2.05) is 25.4 Å². The molecule has 1 fully saturated rings. The second-order valence-corrected chi connectivity index (χ2v) is 8.31. The molecule has 6 heteroatoms. The van der Waals surface area contributed by atoms with Crippen molar-refractivity contribution >= 4 is 28.3 Å². The first-order valence-electron chi connectivity index (χ1n) is 10.4. The van der Waals surface area contributed by atoms with Crippen LogP contribution in [0.25, 0.3) is 16.6 Å². The molecule has 0 unspecified atom stereocenters. The van der Waals surface area contributed by atoms with Gasteiger partial charge in [-0.25, -0.2) is 9.37 Å². The molecule has 152 valence electrons. The van der Waals surface area contributed by atoms with E-state index in [1.54, 1.807) is 19.2 Å². The summed E-state index contributed by atoms with van der Waals surface area (Å²) in [6.07, 6.45) is 14.5. The van der Waals surface area contributed by atoms with Gasteiger partial charge in [-0.1, -0.05) is 18.6 Å². The maximum absolute atomic E-state index is 14.5. The Bertz CT molecular complexity index is 1020. The summed E-state index contributed by atoms with van der Waals surface area (Å²) in [5.41, 5.74) is 3.92. The smallest absolute Gasteiger partial charge is 0.224 e. The minimum absolute atomic E-state index is 0.331. The molecule has 0 aromatic carbocycles. The van der Waals surface area contributed by atoms with Gasteiger partial charge in [0.1, 0.15) is 11.5 Å². The van der Waals surface area contributed by atoms with Gasteiger partial charge >= 0.3 is 0 Å². The fourth-order valence-electron chi connectivity index (χ4n) is 3.88. The summed E-state index contributed by atoms with van der Waals surface area (Å²) in [7, 11) is 0. The molecule has 0 saturated heterocycles. The van der Waals surface area contributed by atoms with Crippen LogP contribution in [0.2, 0.25) is 0 Å². The fraction of sp³-hybridized carbons (Fsp3) is 0.435. The third-order valence-corrected chi connectivity index (χ3v) is 5.84. The molecule has 29 heavy (non-hydrogen) atoms. The maximum Gasteiger partial charge on any atom is 0.224 e. The van der Waals surface area contributed by atoms with E-state index >= 15 is 0 Å². The lowest BCUT2D eigenvalue weighted by atomic mass is 9.87. The van der Waals surface area contributed by atoms with Gasteiger partial charge in [-0.3, -0.25) is 4.99 Å². The first kappa shape index (κ1) is 19.6. The Morgan fingerprint density at radius 2 is 1.97 bits per heavy atom. The van der Waals surface area contributed by atoms with Gasteiger partial charge in [-0.2, -0.15) is 4.98 Å². The first-order chi connectivity index (χ1) is 14.0. The molecular weight excluding hydrogens is 365 g/mol. The predicted octanol–water partition coefficient (Wildman–Crippen LogP) is 5.95. The van der Waals surface area contributed by atoms with Gasteiger partial charge in [0.05, 0.1) is 5.71 Å². The minimum atomic E-state index is -0.331. The molecule has 0 spiro atoms. The number of hydrogen-bond acceptors (Lipinski definition) is 4. The Morgan fingerprint density at radius 1 is 1.17 bits per heavy atom. The first-order valence-corrected chi connectivity index (χ1v) is 10.4. The van der Waals surface area contributed by atoms with Gasteiger partial charge < -0.3 is 10.3 Å². The molecule has 1 aliphatic carbocycles. The molecule has 0 atom stereocenters. The Morgan fingerprint density at radius 3 is 2.76 bits per heavy atom. The van der Waals surface area contributed by atoms with Gasteiger partial charge in [0, 0.05) is 35.6 Å². The van der Waals surface area contributed by atoms with Gasteiger partial charge in [-0.05, 0) is 63.5 Å². The highest BCUT2D eigenvalue weighted by atomic mass is 19.1. The number of aromatic amines is 1. The molecular formula is C23H28FN5. The Hall–Kier alpha value is -2.76. The van der Waals surface area contributed by atoms with Crippen LogP contribution in [0.5, 0.6) is 0 Å². The van der Waals surface area contributed by atoms with E-state index in [2.05, 4.69) is 32.2 Å². The molecule has 0 amide bonds. The fourth-order valence-corrected chi connectivity index (χ4v) is 3.88. The minimum Gasteiger partial charge on any atom is -0.351 e. The van der Waals surface area contributed by atoms with E-state index in [1.165, 1.54) is 12.8 Å². The highest BCUT2D eigenvalue weighted by Gasteiger charge is 2.19. The van der Waals surface area contributed by atoms with Gasteiger partial charge in [0.15, 0.2) is 0 Å². The number of fused-ring (bicyclic) bond motifs is 1. The van der Waals surface area contributed by atoms with Crippen molar-refractivity contribution in [2.45, 2.75) is 58.9 Å². The number of halogens is 1. The predicted molar refractivity (Wildman–Crippen MR) is 118 cm³/mol. The van der Waals surface area contributed by atoms with Crippen LogP contribution in [0, 0.1) is 5.92 Å². The normalized spacial score (nSPS) is 30.5. The van der Waals surface area contributed by atoms with Crippen molar-refractivity contribution in [3.05, 3.63) is 47.7 Å². The quantitative estimate of drug-likeness (QED) is 0.677. The van der Waals surface area contributed by atoms with Crippen molar-refractivity contribution < 1.29 is 4.39 Å². The van der Waals surface area contributed by atoms with E-state index in [4.69, 9.17) is 0 Å². The highest BCUT2D eigenvalue weighted by molar-refractivity contribution is 6.01. The van der Waals surface area contributed by atoms with Crippen LogP contribution in [-0.4, -0.2) is 26.7 Å². The van der Waals surface area contributed by atoms with Gasteiger partial charge in [-0.15, -0.1) is 0 Å². The number of aliphatic imine (C=N–C) groups is 1. The summed E-state index contributed by atoms with van der Waals surface area (Å²) >= 11 is 0. The number of allylic oxidation sites excluding steroid dienone is 5. The zero-order chi connectivity index (χ0) is 20.4. The number of H-pyrrole nitrogens is 1. The molecule has 1 saturated carbocycles. The van der Waals surface area contributed by atoms with E-state index in [0.717, 1.165) is 46.5 Å². The summed E-state index contributed by atoms with van der Waals surface area (Å²) in [5.74, 6) is 1.13. The topological polar surface area (TPSA) is 66.0 Å². The molecule has 3 heterocycles. The second kappa shape index (κ2) is 8.31. The molecule has 4 rings (SSSR count). The van der Waals surface area contributed by atoms with Gasteiger partial charge in [0.25, 0.3) is 0 Å². The van der Waals surface area contributed by atoms with Gasteiger partial charge in [0.2, 0.25) is 5.95 Å². The number of nitrogens with one attached hydrogen (secondary N) is 2. The Labute approximate surface area is 170 Å². The lowest BCUT2D eigenvalue weighted by molar-refractivity contribution is 0.360. The van der Waals surface area contributed by atoms with Crippen LogP contribution in [-0.2, 0) is 0 Å². The van der Waals surface area contributed by atoms with Crippen molar-refractivity contribution in [3.63, 3.8) is 0 Å². The van der Waals surface area contributed by atoms with Crippen LogP contribution in [0.15, 0.2) is 47.1 Å².